The molecule has 2 unspecified atom stereocenters. The van der Waals surface area contributed by atoms with Crippen LogP contribution in [0, 0.1) is 6.92 Å². The third-order valence-electron chi connectivity index (χ3n) is 7.32. The van der Waals surface area contributed by atoms with Gasteiger partial charge >= 0.3 is 0 Å². The lowest BCUT2D eigenvalue weighted by Gasteiger charge is -2.34. The van der Waals surface area contributed by atoms with Crippen molar-refractivity contribution >= 4 is 28.6 Å². The zero-order valence-corrected chi connectivity index (χ0v) is 21.4. The first kappa shape index (κ1) is 25.0. The molecular formula is C28H36N8O. The van der Waals surface area contributed by atoms with Gasteiger partial charge in [0.25, 0.3) is 5.91 Å². The van der Waals surface area contributed by atoms with E-state index < -0.39 is 0 Å². The van der Waals surface area contributed by atoms with Gasteiger partial charge in [-0.2, -0.15) is 0 Å². The van der Waals surface area contributed by atoms with Crippen molar-refractivity contribution in [3.8, 4) is 0 Å². The Labute approximate surface area is 218 Å². The molecule has 9 heteroatoms. The van der Waals surface area contributed by atoms with Crippen LogP contribution in [-0.4, -0.2) is 69.9 Å². The second-order valence-corrected chi connectivity index (χ2v) is 10.1. The zero-order valence-electron chi connectivity index (χ0n) is 21.4. The highest BCUT2D eigenvalue weighted by Gasteiger charge is 2.28. The number of benzene rings is 2. The Morgan fingerprint density at radius 2 is 1.78 bits per heavy atom. The fraction of sp³-hybridized carbons (Fsp3) is 0.429. The number of nitrogens with two attached hydrogens (primary N) is 2. The van der Waals surface area contributed by atoms with Crippen LogP contribution in [0.4, 0.5) is 5.82 Å². The summed E-state index contributed by atoms with van der Waals surface area (Å²) in [6.45, 7) is 5.88. The quantitative estimate of drug-likeness (QED) is 0.351. The van der Waals surface area contributed by atoms with Crippen molar-refractivity contribution in [3.63, 3.8) is 0 Å². The van der Waals surface area contributed by atoms with Crippen molar-refractivity contribution in [2.45, 2.75) is 51.2 Å². The summed E-state index contributed by atoms with van der Waals surface area (Å²) >= 11 is 0. The van der Waals surface area contributed by atoms with Crippen LogP contribution >= 0.6 is 0 Å². The van der Waals surface area contributed by atoms with E-state index in [-0.39, 0.29) is 29.8 Å². The summed E-state index contributed by atoms with van der Waals surface area (Å²) in [7, 11) is 0. The maximum Gasteiger partial charge on any atom is 0.291 e. The zero-order chi connectivity index (χ0) is 25.8. The van der Waals surface area contributed by atoms with Crippen molar-refractivity contribution in [2.75, 3.05) is 31.5 Å². The molecule has 0 radical (unpaired) electrons. The van der Waals surface area contributed by atoms with E-state index >= 15 is 0 Å². The maximum absolute atomic E-state index is 13.5. The maximum atomic E-state index is 13.5. The molecule has 1 aromatic heterocycles. The van der Waals surface area contributed by atoms with Gasteiger partial charge in [-0.25, -0.2) is 15.0 Å². The number of hydrogen-bond acceptors (Lipinski definition) is 6. The number of aryl methyl sites for hydroxylation is 1. The van der Waals surface area contributed by atoms with E-state index in [1.165, 1.54) is 5.56 Å². The summed E-state index contributed by atoms with van der Waals surface area (Å²) in [5.41, 5.74) is 14.6. The number of nitrogens with zero attached hydrogens (tertiary/aromatic N) is 5. The minimum Gasteiger partial charge on any atom is -0.370 e. The van der Waals surface area contributed by atoms with Gasteiger partial charge in [-0.3, -0.25) is 9.69 Å². The number of guanidine groups is 1. The molecule has 2 aliphatic rings. The normalized spacial score (nSPS) is 20.5. The van der Waals surface area contributed by atoms with Crippen molar-refractivity contribution in [1.82, 2.24) is 19.8 Å². The fourth-order valence-electron chi connectivity index (χ4n) is 5.34. The predicted molar refractivity (Wildman–Crippen MR) is 147 cm³/mol. The second-order valence-electron chi connectivity index (χ2n) is 10.1. The van der Waals surface area contributed by atoms with Crippen LogP contribution in [0.15, 0.2) is 53.5 Å². The van der Waals surface area contributed by atoms with Crippen LogP contribution in [0.1, 0.15) is 47.4 Å². The molecule has 194 valence electrons. The number of nitrogens with one attached hydrogen (secondary N) is 1. The number of amides is 1. The van der Waals surface area contributed by atoms with Gasteiger partial charge in [0.15, 0.2) is 5.96 Å². The van der Waals surface area contributed by atoms with E-state index in [4.69, 9.17) is 16.5 Å². The standard InChI is InChI=1S/C28H36N8O/c1-19-11-12-22-21(17-19)25(32-23-9-5-6-10-24(23)33-28(29)30)34-26(31-22)27(37)36-15-13-35(14-16-36)18-20-7-3-2-4-8-20/h2-4,7-8,11-12,17,23-24H,5-6,9-10,13-16,18H2,1H3,(H4,29,30,33)(H,31,32,34). The molecule has 1 aliphatic carbocycles. The molecule has 0 spiro atoms. The van der Waals surface area contributed by atoms with Gasteiger partial charge in [0.2, 0.25) is 5.82 Å². The molecular weight excluding hydrogens is 464 g/mol. The number of fused-ring (bicyclic) bond motifs is 1. The van der Waals surface area contributed by atoms with Crippen molar-refractivity contribution in [3.05, 3.63) is 65.5 Å². The van der Waals surface area contributed by atoms with Gasteiger partial charge in [-0.15, -0.1) is 0 Å². The highest BCUT2D eigenvalue weighted by molar-refractivity contribution is 5.96. The number of carbonyl (C=O) groups is 1. The minimum atomic E-state index is -0.130. The van der Waals surface area contributed by atoms with Crippen molar-refractivity contribution in [1.29, 1.82) is 0 Å². The van der Waals surface area contributed by atoms with E-state index in [1.807, 2.05) is 30.0 Å². The van der Waals surface area contributed by atoms with Gasteiger partial charge in [-0.1, -0.05) is 54.8 Å². The summed E-state index contributed by atoms with van der Waals surface area (Å²) in [5.74, 6) is 0.866. The Hall–Kier alpha value is -3.72. The molecule has 3 aromatic rings. The van der Waals surface area contributed by atoms with Crippen LogP contribution in [-0.2, 0) is 6.54 Å². The number of aliphatic imine (C=N–C) groups is 1. The number of aromatic nitrogens is 2. The van der Waals surface area contributed by atoms with Gasteiger partial charge in [-0.05, 0) is 37.5 Å². The topological polar surface area (TPSA) is 126 Å². The van der Waals surface area contributed by atoms with E-state index in [0.717, 1.165) is 61.8 Å². The van der Waals surface area contributed by atoms with Gasteiger partial charge in [0.05, 0.1) is 17.6 Å². The van der Waals surface area contributed by atoms with E-state index in [9.17, 15) is 4.79 Å². The fourth-order valence-corrected chi connectivity index (χ4v) is 5.34. The largest absolute Gasteiger partial charge is 0.370 e. The molecule has 2 fully saturated rings. The first-order chi connectivity index (χ1) is 18.0. The molecule has 2 atom stereocenters. The van der Waals surface area contributed by atoms with Gasteiger partial charge < -0.3 is 21.7 Å². The molecule has 2 heterocycles. The highest BCUT2D eigenvalue weighted by atomic mass is 16.2. The van der Waals surface area contributed by atoms with Crippen LogP contribution in [0.25, 0.3) is 10.9 Å². The third-order valence-corrected chi connectivity index (χ3v) is 7.32. The summed E-state index contributed by atoms with van der Waals surface area (Å²) in [4.78, 5) is 31.7. The minimum absolute atomic E-state index is 0.0228. The number of anilines is 1. The lowest BCUT2D eigenvalue weighted by atomic mass is 9.90. The molecule has 2 aromatic carbocycles. The molecule has 9 nitrogen and oxygen atoms in total. The molecule has 5 rings (SSSR count). The first-order valence-corrected chi connectivity index (χ1v) is 13.2. The first-order valence-electron chi connectivity index (χ1n) is 13.2. The average Bonchev–Trinajstić information content (AvgIpc) is 2.90. The van der Waals surface area contributed by atoms with Crippen LogP contribution in [0.5, 0.6) is 0 Å². The summed E-state index contributed by atoms with van der Waals surface area (Å²) in [5, 5.41) is 4.49. The van der Waals surface area contributed by atoms with E-state index in [0.29, 0.717) is 18.9 Å². The Bertz CT molecular complexity index is 1270. The number of rotatable bonds is 6. The Balaban J connectivity index is 1.35. The van der Waals surface area contributed by atoms with Gasteiger partial charge in [0.1, 0.15) is 5.82 Å². The lowest BCUT2D eigenvalue weighted by molar-refractivity contribution is 0.0617. The van der Waals surface area contributed by atoms with E-state index in [1.54, 1.807) is 0 Å². The van der Waals surface area contributed by atoms with Crippen LogP contribution < -0.4 is 16.8 Å². The van der Waals surface area contributed by atoms with Gasteiger partial charge in [0, 0.05) is 38.1 Å². The van der Waals surface area contributed by atoms with Crippen molar-refractivity contribution in [2.24, 2.45) is 16.5 Å². The molecule has 1 aliphatic heterocycles. The molecule has 37 heavy (non-hydrogen) atoms. The Morgan fingerprint density at radius 3 is 2.54 bits per heavy atom. The SMILES string of the molecule is Cc1ccc2nc(C(=O)N3CCN(Cc4ccccc4)CC3)nc(NC3CCCCC3N=C(N)N)c2c1. The smallest absolute Gasteiger partial charge is 0.291 e. The van der Waals surface area contributed by atoms with Crippen LogP contribution in [0.2, 0.25) is 0 Å². The highest BCUT2D eigenvalue weighted by Crippen LogP contribution is 2.28. The van der Waals surface area contributed by atoms with Crippen molar-refractivity contribution < 1.29 is 4.79 Å². The summed E-state index contributed by atoms with van der Waals surface area (Å²) < 4.78 is 0. The van der Waals surface area contributed by atoms with E-state index in [2.05, 4.69) is 50.5 Å². The summed E-state index contributed by atoms with van der Waals surface area (Å²) in [6, 6.07) is 16.5. The molecule has 0 bridgehead atoms. The number of carbonyl (C=O) groups excluding carboxylic acids is 1. The molecule has 1 saturated carbocycles. The monoisotopic (exact) mass is 500 g/mol. The third kappa shape index (κ3) is 5.99. The molecule has 1 amide bonds. The number of piperazine rings is 1. The van der Waals surface area contributed by atoms with Crippen LogP contribution in [0.3, 0.4) is 0 Å². The Kier molecular flexibility index (Phi) is 7.50. The summed E-state index contributed by atoms with van der Waals surface area (Å²) in [6.07, 6.45) is 4.03. The molecule has 1 saturated heterocycles. The second kappa shape index (κ2) is 11.1. The molecule has 5 N–H and O–H groups in total. The average molecular weight is 501 g/mol. The Morgan fingerprint density at radius 1 is 1.03 bits per heavy atom. The predicted octanol–water partition coefficient (Wildman–Crippen LogP) is 2.89. The lowest BCUT2D eigenvalue weighted by Crippen LogP contribution is -2.48. The number of hydrogen-bond donors (Lipinski definition) is 3.